The van der Waals surface area contributed by atoms with Crippen molar-refractivity contribution in [2.45, 2.75) is 32.6 Å². The largest absolute Gasteiger partial charge is 0.396 e. The highest BCUT2D eigenvalue weighted by Crippen LogP contribution is 2.20. The van der Waals surface area contributed by atoms with Gasteiger partial charge in [0.25, 0.3) is 0 Å². The van der Waals surface area contributed by atoms with Crippen LogP contribution < -0.4 is 0 Å². The maximum Gasteiger partial charge on any atom is 0.0431 e. The van der Waals surface area contributed by atoms with Crippen LogP contribution in [0.3, 0.4) is 0 Å². The molecule has 1 nitrogen and oxygen atoms in total. The molecule has 0 aliphatic rings. The van der Waals surface area contributed by atoms with Gasteiger partial charge in [-0.05, 0) is 31.2 Å². The second-order valence-corrected chi connectivity index (χ2v) is 3.68. The minimum absolute atomic E-state index is 0.302. The van der Waals surface area contributed by atoms with E-state index in [0.717, 1.165) is 12.8 Å². The van der Waals surface area contributed by atoms with Crippen LogP contribution in [-0.4, -0.2) is 11.7 Å². The van der Waals surface area contributed by atoms with Crippen molar-refractivity contribution in [1.82, 2.24) is 0 Å². The van der Waals surface area contributed by atoms with Gasteiger partial charge in [-0.3, -0.25) is 0 Å². The van der Waals surface area contributed by atoms with E-state index in [1.807, 2.05) is 0 Å². The monoisotopic (exact) mass is 178 g/mol. The van der Waals surface area contributed by atoms with Gasteiger partial charge in [0.1, 0.15) is 0 Å². The van der Waals surface area contributed by atoms with Crippen LogP contribution in [0.15, 0.2) is 24.3 Å². The zero-order valence-electron chi connectivity index (χ0n) is 8.46. The molecule has 72 valence electrons. The number of aliphatic hydroxyl groups is 1. The Kier molecular flexibility index (Phi) is 3.97. The maximum atomic E-state index is 8.72. The van der Waals surface area contributed by atoms with E-state index in [1.165, 1.54) is 11.1 Å². The molecule has 0 saturated heterocycles. The first-order chi connectivity index (χ1) is 6.24. The Morgan fingerprint density at radius 3 is 2.77 bits per heavy atom. The van der Waals surface area contributed by atoms with Gasteiger partial charge in [-0.15, -0.1) is 0 Å². The zero-order valence-corrected chi connectivity index (χ0v) is 8.46. The van der Waals surface area contributed by atoms with Gasteiger partial charge < -0.3 is 5.11 Å². The van der Waals surface area contributed by atoms with Crippen LogP contribution in [0.2, 0.25) is 0 Å². The SMILES string of the molecule is Cc1cccc(C(C)CCCO)c1. The minimum Gasteiger partial charge on any atom is -0.396 e. The van der Waals surface area contributed by atoms with Gasteiger partial charge in [-0.1, -0.05) is 36.8 Å². The minimum atomic E-state index is 0.302. The summed E-state index contributed by atoms with van der Waals surface area (Å²) in [5, 5.41) is 8.72. The quantitative estimate of drug-likeness (QED) is 0.751. The molecule has 0 aliphatic carbocycles. The van der Waals surface area contributed by atoms with E-state index in [2.05, 4.69) is 38.1 Å². The van der Waals surface area contributed by atoms with Gasteiger partial charge in [0.15, 0.2) is 0 Å². The summed E-state index contributed by atoms with van der Waals surface area (Å²) in [6, 6.07) is 8.60. The Balaban J connectivity index is 2.60. The normalized spacial score (nSPS) is 12.8. The first-order valence-corrected chi connectivity index (χ1v) is 4.91. The molecule has 0 aliphatic heterocycles. The lowest BCUT2D eigenvalue weighted by atomic mass is 9.95. The molecule has 0 fully saturated rings. The molecule has 0 heterocycles. The van der Waals surface area contributed by atoms with Gasteiger partial charge in [0, 0.05) is 6.61 Å². The predicted molar refractivity (Wildman–Crippen MR) is 55.9 cm³/mol. The topological polar surface area (TPSA) is 20.2 Å². The number of hydrogen-bond donors (Lipinski definition) is 1. The molecule has 1 aromatic carbocycles. The van der Waals surface area contributed by atoms with Crippen molar-refractivity contribution in [3.8, 4) is 0 Å². The third-order valence-corrected chi connectivity index (χ3v) is 2.41. The number of aryl methyl sites for hydroxylation is 1. The fourth-order valence-corrected chi connectivity index (χ4v) is 1.54. The molecule has 0 bridgehead atoms. The van der Waals surface area contributed by atoms with Crippen molar-refractivity contribution in [1.29, 1.82) is 0 Å². The number of benzene rings is 1. The first kappa shape index (κ1) is 10.3. The molecule has 1 heteroatoms. The standard InChI is InChI=1S/C12H18O/c1-10-5-3-7-12(9-10)11(2)6-4-8-13/h3,5,7,9,11,13H,4,6,8H2,1-2H3. The van der Waals surface area contributed by atoms with Crippen molar-refractivity contribution in [3.63, 3.8) is 0 Å². The summed E-state index contributed by atoms with van der Waals surface area (Å²) in [4.78, 5) is 0. The third kappa shape index (κ3) is 3.19. The van der Waals surface area contributed by atoms with Crippen LogP contribution in [0.1, 0.15) is 36.8 Å². The first-order valence-electron chi connectivity index (χ1n) is 4.91. The van der Waals surface area contributed by atoms with Crippen LogP contribution in [-0.2, 0) is 0 Å². The maximum absolute atomic E-state index is 8.72. The molecule has 13 heavy (non-hydrogen) atoms. The van der Waals surface area contributed by atoms with Gasteiger partial charge in [0.05, 0.1) is 0 Å². The Labute approximate surface area is 80.4 Å². The average molecular weight is 178 g/mol. The van der Waals surface area contributed by atoms with Gasteiger partial charge in [-0.2, -0.15) is 0 Å². The van der Waals surface area contributed by atoms with Gasteiger partial charge >= 0.3 is 0 Å². The Morgan fingerprint density at radius 2 is 2.15 bits per heavy atom. The molecular weight excluding hydrogens is 160 g/mol. The molecule has 1 atom stereocenters. The second-order valence-electron chi connectivity index (χ2n) is 3.68. The number of aliphatic hydroxyl groups excluding tert-OH is 1. The molecule has 1 N–H and O–H groups in total. The van der Waals surface area contributed by atoms with Crippen molar-refractivity contribution in [2.75, 3.05) is 6.61 Å². The van der Waals surface area contributed by atoms with Crippen molar-refractivity contribution in [3.05, 3.63) is 35.4 Å². The highest BCUT2D eigenvalue weighted by atomic mass is 16.2. The molecule has 0 saturated carbocycles. The average Bonchev–Trinajstić information content (AvgIpc) is 2.14. The summed E-state index contributed by atoms with van der Waals surface area (Å²) in [5.74, 6) is 0.562. The van der Waals surface area contributed by atoms with E-state index in [1.54, 1.807) is 0 Å². The van der Waals surface area contributed by atoms with Crippen LogP contribution in [0.5, 0.6) is 0 Å². The lowest BCUT2D eigenvalue weighted by Crippen LogP contribution is -1.95. The lowest BCUT2D eigenvalue weighted by Gasteiger charge is -2.11. The Bertz CT molecular complexity index is 255. The summed E-state index contributed by atoms with van der Waals surface area (Å²) in [5.41, 5.74) is 2.70. The fourth-order valence-electron chi connectivity index (χ4n) is 1.54. The highest BCUT2D eigenvalue weighted by Gasteiger charge is 2.04. The molecule has 0 spiro atoms. The molecule has 1 rings (SSSR count). The van der Waals surface area contributed by atoms with Crippen LogP contribution in [0, 0.1) is 6.92 Å². The molecule has 1 unspecified atom stereocenters. The Morgan fingerprint density at radius 1 is 1.38 bits per heavy atom. The summed E-state index contributed by atoms with van der Waals surface area (Å²) >= 11 is 0. The number of hydrogen-bond acceptors (Lipinski definition) is 1. The van der Waals surface area contributed by atoms with E-state index >= 15 is 0 Å². The van der Waals surface area contributed by atoms with E-state index in [4.69, 9.17) is 5.11 Å². The van der Waals surface area contributed by atoms with Crippen molar-refractivity contribution in [2.24, 2.45) is 0 Å². The third-order valence-electron chi connectivity index (χ3n) is 2.41. The number of rotatable bonds is 4. The van der Waals surface area contributed by atoms with E-state index in [-0.39, 0.29) is 0 Å². The van der Waals surface area contributed by atoms with Crippen LogP contribution in [0.4, 0.5) is 0 Å². The van der Waals surface area contributed by atoms with E-state index in [9.17, 15) is 0 Å². The Hall–Kier alpha value is -0.820. The molecule has 0 amide bonds. The van der Waals surface area contributed by atoms with E-state index < -0.39 is 0 Å². The van der Waals surface area contributed by atoms with E-state index in [0.29, 0.717) is 12.5 Å². The molecule has 0 radical (unpaired) electrons. The van der Waals surface area contributed by atoms with Crippen LogP contribution in [0.25, 0.3) is 0 Å². The summed E-state index contributed by atoms with van der Waals surface area (Å²) < 4.78 is 0. The lowest BCUT2D eigenvalue weighted by molar-refractivity contribution is 0.281. The molecular formula is C12H18O. The zero-order chi connectivity index (χ0) is 9.68. The fraction of sp³-hybridized carbons (Fsp3) is 0.500. The highest BCUT2D eigenvalue weighted by molar-refractivity contribution is 5.24. The smallest absolute Gasteiger partial charge is 0.0431 e. The summed E-state index contributed by atoms with van der Waals surface area (Å²) in [7, 11) is 0. The van der Waals surface area contributed by atoms with Crippen LogP contribution >= 0.6 is 0 Å². The summed E-state index contributed by atoms with van der Waals surface area (Å²) in [6.07, 6.45) is 1.97. The van der Waals surface area contributed by atoms with Crippen molar-refractivity contribution >= 4 is 0 Å². The molecule has 0 aromatic heterocycles. The molecule has 1 aromatic rings. The van der Waals surface area contributed by atoms with Gasteiger partial charge in [-0.25, -0.2) is 0 Å². The summed E-state index contributed by atoms with van der Waals surface area (Å²) in [6.45, 7) is 4.63. The second kappa shape index (κ2) is 5.03. The van der Waals surface area contributed by atoms with Crippen molar-refractivity contribution < 1.29 is 5.11 Å². The predicted octanol–water partition coefficient (Wildman–Crippen LogP) is 2.87. The van der Waals surface area contributed by atoms with Gasteiger partial charge in [0.2, 0.25) is 0 Å².